The minimum atomic E-state index is -0.539. The van der Waals surface area contributed by atoms with Crippen LogP contribution in [0.3, 0.4) is 0 Å². The molecule has 34 heavy (non-hydrogen) atoms. The summed E-state index contributed by atoms with van der Waals surface area (Å²) in [7, 11) is 1.97. The lowest BCUT2D eigenvalue weighted by Crippen LogP contribution is -2.51. The maximum atomic E-state index is 13.8. The van der Waals surface area contributed by atoms with E-state index in [1.54, 1.807) is 0 Å². The number of aryl methyl sites for hydroxylation is 1. The van der Waals surface area contributed by atoms with Gasteiger partial charge in [0.25, 0.3) is 0 Å². The number of carbonyl (C=O) groups is 1. The van der Waals surface area contributed by atoms with Crippen molar-refractivity contribution in [2.24, 2.45) is 22.7 Å². The van der Waals surface area contributed by atoms with Gasteiger partial charge >= 0.3 is 0 Å². The number of rotatable bonds is 4. The Bertz CT molecular complexity index is 1280. The molecule has 0 radical (unpaired) electrons. The van der Waals surface area contributed by atoms with Gasteiger partial charge in [-0.25, -0.2) is 0 Å². The third kappa shape index (κ3) is 3.29. The number of benzene rings is 1. The summed E-state index contributed by atoms with van der Waals surface area (Å²) < 4.78 is 1.89. The number of ketones is 1. The minimum absolute atomic E-state index is 0.0713. The molecule has 0 saturated carbocycles. The molecule has 0 saturated heterocycles. The second-order valence-corrected chi connectivity index (χ2v) is 11.2. The Morgan fingerprint density at radius 2 is 2.00 bits per heavy atom. The van der Waals surface area contributed by atoms with Gasteiger partial charge in [0, 0.05) is 42.1 Å². The van der Waals surface area contributed by atoms with Crippen LogP contribution in [0, 0.1) is 5.41 Å². The number of aromatic nitrogens is 2. The van der Waals surface area contributed by atoms with Gasteiger partial charge in [0.15, 0.2) is 11.9 Å². The molecule has 2 aliphatic heterocycles. The van der Waals surface area contributed by atoms with Gasteiger partial charge in [-0.3, -0.25) is 9.48 Å². The fourth-order valence-corrected chi connectivity index (χ4v) is 6.31. The molecule has 5 rings (SSSR count). The van der Waals surface area contributed by atoms with E-state index in [2.05, 4.69) is 80.6 Å². The highest BCUT2D eigenvalue weighted by atomic mass is 16.1. The molecule has 0 fully saturated rings. The maximum Gasteiger partial charge on any atom is 0.165 e. The predicted octanol–water partition coefficient (Wildman–Crippen LogP) is 6.17. The van der Waals surface area contributed by atoms with Crippen molar-refractivity contribution in [3.05, 3.63) is 64.3 Å². The molecule has 0 spiro atoms. The molecule has 2 aromatic rings. The number of azo groups is 1. The van der Waals surface area contributed by atoms with Crippen LogP contribution in [0.1, 0.15) is 78.0 Å². The van der Waals surface area contributed by atoms with Crippen molar-refractivity contribution in [1.29, 1.82) is 0 Å². The van der Waals surface area contributed by atoms with Crippen molar-refractivity contribution in [2.75, 3.05) is 0 Å². The highest BCUT2D eigenvalue weighted by molar-refractivity contribution is 6.01. The highest BCUT2D eigenvalue weighted by Crippen LogP contribution is 2.55. The Hall–Kier alpha value is -3.02. The number of Topliss-reactive ketones (excluding diaryl/α,β-unsaturated/α-hetero) is 1. The van der Waals surface area contributed by atoms with E-state index in [0.717, 1.165) is 57.8 Å². The Morgan fingerprint density at radius 3 is 2.71 bits per heavy atom. The Balaban J connectivity index is 1.76. The van der Waals surface area contributed by atoms with Crippen LogP contribution < -0.4 is 5.32 Å². The van der Waals surface area contributed by atoms with E-state index < -0.39 is 5.41 Å². The van der Waals surface area contributed by atoms with Gasteiger partial charge in [0.2, 0.25) is 0 Å². The third-order valence-electron chi connectivity index (χ3n) is 7.66. The summed E-state index contributed by atoms with van der Waals surface area (Å²) in [6, 6.07) is 8.72. The molecule has 1 N–H and O–H groups in total. The fraction of sp³-hybridized carbons (Fsp3) is 0.500. The van der Waals surface area contributed by atoms with Crippen LogP contribution in [0.4, 0.5) is 0 Å². The second-order valence-electron chi connectivity index (χ2n) is 11.2. The second kappa shape index (κ2) is 7.76. The van der Waals surface area contributed by atoms with Crippen molar-refractivity contribution in [3.63, 3.8) is 0 Å². The van der Waals surface area contributed by atoms with E-state index in [-0.39, 0.29) is 17.4 Å². The van der Waals surface area contributed by atoms with Gasteiger partial charge in [0.05, 0.1) is 16.8 Å². The van der Waals surface area contributed by atoms with E-state index in [9.17, 15) is 4.79 Å². The number of hydrogen-bond donors (Lipinski definition) is 1. The summed E-state index contributed by atoms with van der Waals surface area (Å²) in [6.45, 7) is 12.9. The van der Waals surface area contributed by atoms with Crippen molar-refractivity contribution in [1.82, 2.24) is 15.1 Å². The first kappa shape index (κ1) is 22.8. The summed E-state index contributed by atoms with van der Waals surface area (Å²) in [6.07, 6.45) is 4.06. The molecule has 3 heterocycles. The summed E-state index contributed by atoms with van der Waals surface area (Å²) in [4.78, 5) is 13.8. The van der Waals surface area contributed by atoms with Crippen LogP contribution in [0.15, 0.2) is 63.2 Å². The molecule has 1 aliphatic carbocycles. The molecule has 2 atom stereocenters. The van der Waals surface area contributed by atoms with Gasteiger partial charge in [0.1, 0.15) is 0 Å². The SMILES string of the molecule is CC[C@@]1(c2cccc(-c3cn(C)nc3C(C)C)c2)C2=C(CC(C)(C)CC2=O)NC2N=NC(C)=C21. The topological polar surface area (TPSA) is 71.6 Å². The molecule has 178 valence electrons. The van der Waals surface area contributed by atoms with E-state index in [0.29, 0.717) is 12.3 Å². The van der Waals surface area contributed by atoms with Crippen molar-refractivity contribution in [3.8, 4) is 11.1 Å². The van der Waals surface area contributed by atoms with Crippen LogP contribution >= 0.6 is 0 Å². The van der Waals surface area contributed by atoms with Crippen molar-refractivity contribution in [2.45, 2.75) is 78.3 Å². The zero-order valence-corrected chi connectivity index (χ0v) is 21.4. The summed E-state index contributed by atoms with van der Waals surface area (Å²) in [5, 5.41) is 17.4. The minimum Gasteiger partial charge on any atom is -0.362 e. The number of nitrogens with one attached hydrogen (secondary N) is 1. The van der Waals surface area contributed by atoms with Crippen LogP contribution in [-0.4, -0.2) is 21.7 Å². The zero-order valence-electron chi connectivity index (χ0n) is 21.4. The van der Waals surface area contributed by atoms with E-state index in [1.165, 1.54) is 0 Å². The Morgan fingerprint density at radius 1 is 1.24 bits per heavy atom. The lowest BCUT2D eigenvalue weighted by Gasteiger charge is -2.48. The van der Waals surface area contributed by atoms with Gasteiger partial charge < -0.3 is 5.32 Å². The third-order valence-corrected chi connectivity index (χ3v) is 7.66. The molecule has 1 unspecified atom stereocenters. The average molecular weight is 458 g/mol. The van der Waals surface area contributed by atoms with Gasteiger partial charge in [-0.1, -0.05) is 52.8 Å². The molecular formula is C28H35N5O. The molecule has 6 nitrogen and oxygen atoms in total. The average Bonchev–Trinajstić information content (AvgIpc) is 3.34. The first-order chi connectivity index (χ1) is 16.1. The van der Waals surface area contributed by atoms with E-state index in [1.807, 2.05) is 18.7 Å². The van der Waals surface area contributed by atoms with Crippen LogP contribution in [-0.2, 0) is 17.3 Å². The number of fused-ring (bicyclic) bond motifs is 1. The molecule has 0 amide bonds. The molecular weight excluding hydrogens is 422 g/mol. The lowest BCUT2D eigenvalue weighted by molar-refractivity contribution is -0.119. The van der Waals surface area contributed by atoms with E-state index in [4.69, 9.17) is 5.10 Å². The Labute approximate surface area is 202 Å². The predicted molar refractivity (Wildman–Crippen MR) is 134 cm³/mol. The number of carbonyl (C=O) groups excluding carboxylic acids is 1. The quantitative estimate of drug-likeness (QED) is 0.597. The van der Waals surface area contributed by atoms with Crippen LogP contribution in [0.5, 0.6) is 0 Å². The smallest absolute Gasteiger partial charge is 0.165 e. The molecule has 1 aromatic heterocycles. The first-order valence-electron chi connectivity index (χ1n) is 12.4. The monoisotopic (exact) mass is 457 g/mol. The van der Waals surface area contributed by atoms with Crippen LogP contribution in [0.25, 0.3) is 11.1 Å². The number of hydrogen-bond acceptors (Lipinski definition) is 5. The maximum absolute atomic E-state index is 13.8. The molecule has 1 aromatic carbocycles. The van der Waals surface area contributed by atoms with E-state index >= 15 is 0 Å². The zero-order chi connectivity index (χ0) is 24.4. The van der Waals surface area contributed by atoms with Crippen molar-refractivity contribution < 1.29 is 4.79 Å². The van der Waals surface area contributed by atoms with Gasteiger partial charge in [-0.2, -0.15) is 15.3 Å². The number of allylic oxidation sites excluding steroid dienone is 3. The van der Waals surface area contributed by atoms with Crippen LogP contribution in [0.2, 0.25) is 0 Å². The van der Waals surface area contributed by atoms with Gasteiger partial charge in [-0.05, 0) is 48.3 Å². The summed E-state index contributed by atoms with van der Waals surface area (Å²) in [5.41, 5.74) is 7.89. The fourth-order valence-electron chi connectivity index (χ4n) is 6.31. The normalized spacial score (nSPS) is 25.6. The lowest BCUT2D eigenvalue weighted by atomic mass is 9.58. The number of nitrogens with zero attached hydrogens (tertiary/aromatic N) is 4. The van der Waals surface area contributed by atoms with Crippen molar-refractivity contribution >= 4 is 5.78 Å². The van der Waals surface area contributed by atoms with Gasteiger partial charge in [-0.15, -0.1) is 0 Å². The summed E-state index contributed by atoms with van der Waals surface area (Å²) >= 11 is 0. The molecule has 6 heteroatoms. The first-order valence-corrected chi connectivity index (χ1v) is 12.4. The molecule has 0 bridgehead atoms. The Kier molecular flexibility index (Phi) is 5.19. The standard InChI is InChI=1S/C28H35N5O/c1-8-28(19-11-9-10-18(12-19)20-15-33(7)32-25(20)16(2)3)23-17(4)30-31-26(23)29-21-13-27(5,6)14-22(34)24(21)28/h9-12,15-16,26,29H,8,13-14H2,1-7H3/t26?,28-/m0/s1. The largest absolute Gasteiger partial charge is 0.362 e. The molecule has 3 aliphatic rings. The highest BCUT2D eigenvalue weighted by Gasteiger charge is 2.53. The summed E-state index contributed by atoms with van der Waals surface area (Å²) in [5.74, 6) is 0.554.